The molecular formula is C31H50O. The highest BCUT2D eigenvalue weighted by Gasteiger charge is 2.64. The molecule has 1 heteroatoms. The van der Waals surface area contributed by atoms with Crippen molar-refractivity contribution in [2.45, 2.75) is 113 Å². The second-order valence-electron chi connectivity index (χ2n) is 13.9. The minimum Gasteiger partial charge on any atom is -0.393 e. The van der Waals surface area contributed by atoms with Gasteiger partial charge in [0.05, 0.1) is 6.10 Å². The number of aliphatic hydroxyl groups excluding tert-OH is 1. The van der Waals surface area contributed by atoms with Crippen LogP contribution in [0.4, 0.5) is 0 Å². The molecule has 0 aromatic carbocycles. The topological polar surface area (TPSA) is 20.2 Å². The van der Waals surface area contributed by atoms with Crippen molar-refractivity contribution in [1.29, 1.82) is 0 Å². The summed E-state index contributed by atoms with van der Waals surface area (Å²) in [6.45, 7) is 23.8. The molecule has 0 aliphatic heterocycles. The summed E-state index contributed by atoms with van der Waals surface area (Å²) in [5.41, 5.74) is 5.58. The second kappa shape index (κ2) is 7.86. The fourth-order valence-corrected chi connectivity index (χ4v) is 9.09. The van der Waals surface area contributed by atoms with E-state index in [1.807, 2.05) is 0 Å². The first-order valence-electron chi connectivity index (χ1n) is 13.6. The van der Waals surface area contributed by atoms with E-state index >= 15 is 0 Å². The van der Waals surface area contributed by atoms with Crippen LogP contribution in [0.3, 0.4) is 0 Å². The summed E-state index contributed by atoms with van der Waals surface area (Å²) < 4.78 is 0. The van der Waals surface area contributed by atoms with E-state index in [4.69, 9.17) is 0 Å². The summed E-state index contributed by atoms with van der Waals surface area (Å²) in [6.07, 6.45) is 14.6. The standard InChI is InChI=1S/C31H50O/c1-20(2)21(3)11-12-22(4)27-25(32)19-31(9)24-13-14-26-28(5,6)16-10-17-29(26,7)23(24)15-18-30(27,31)8/h13,15,20,22,25-27,32H,3,10-12,14,16-19H2,1-2,4-9H3/t22?,25-,26+,27?,29-,30-,31+/m1/s1. The van der Waals surface area contributed by atoms with Crippen LogP contribution in [0.5, 0.6) is 0 Å². The van der Waals surface area contributed by atoms with Crippen LogP contribution in [-0.4, -0.2) is 11.2 Å². The number of hydrogen-bond donors (Lipinski definition) is 1. The number of allylic oxidation sites excluding steroid dienone is 5. The lowest BCUT2D eigenvalue weighted by atomic mass is 9.44. The highest BCUT2D eigenvalue weighted by molar-refractivity contribution is 5.50. The van der Waals surface area contributed by atoms with Crippen molar-refractivity contribution in [3.8, 4) is 0 Å². The fourth-order valence-electron chi connectivity index (χ4n) is 9.09. The Morgan fingerprint density at radius 1 is 1.06 bits per heavy atom. The van der Waals surface area contributed by atoms with Gasteiger partial charge >= 0.3 is 0 Å². The Morgan fingerprint density at radius 2 is 1.75 bits per heavy atom. The number of aliphatic hydroxyl groups is 1. The molecule has 1 N–H and O–H groups in total. The Balaban J connectivity index is 1.67. The normalized spacial score (nSPS) is 43.6. The Bertz CT molecular complexity index is 827. The SMILES string of the molecule is C=C(CCC(C)C1[C@H](O)C[C@@]2(C)C3=CC[C@H]4C(C)(C)CCC[C@]4(C)C3=CC[C@]12C)C(C)C. The first-order chi connectivity index (χ1) is 14.8. The van der Waals surface area contributed by atoms with Gasteiger partial charge in [0.25, 0.3) is 0 Å². The molecule has 4 aliphatic rings. The summed E-state index contributed by atoms with van der Waals surface area (Å²) >= 11 is 0. The maximum absolute atomic E-state index is 11.5. The number of rotatable bonds is 5. The lowest BCUT2D eigenvalue weighted by Gasteiger charge is -2.60. The maximum Gasteiger partial charge on any atom is 0.0585 e. The van der Waals surface area contributed by atoms with E-state index < -0.39 is 0 Å². The summed E-state index contributed by atoms with van der Waals surface area (Å²) in [6, 6.07) is 0. The molecule has 0 radical (unpaired) electrons. The van der Waals surface area contributed by atoms with Crippen molar-refractivity contribution in [1.82, 2.24) is 0 Å². The molecule has 0 heterocycles. The van der Waals surface area contributed by atoms with Gasteiger partial charge in [0.15, 0.2) is 0 Å². The molecule has 4 aliphatic carbocycles. The molecular weight excluding hydrogens is 388 g/mol. The molecule has 2 saturated carbocycles. The maximum atomic E-state index is 11.5. The summed E-state index contributed by atoms with van der Waals surface area (Å²) in [7, 11) is 0. The Morgan fingerprint density at radius 3 is 2.41 bits per heavy atom. The van der Waals surface area contributed by atoms with Gasteiger partial charge in [0.1, 0.15) is 0 Å². The van der Waals surface area contributed by atoms with Crippen LogP contribution in [0.2, 0.25) is 0 Å². The van der Waals surface area contributed by atoms with Gasteiger partial charge in [-0.25, -0.2) is 0 Å². The predicted molar refractivity (Wildman–Crippen MR) is 137 cm³/mol. The smallest absolute Gasteiger partial charge is 0.0585 e. The molecule has 7 atom stereocenters. The Kier molecular flexibility index (Phi) is 5.97. The number of hydrogen-bond acceptors (Lipinski definition) is 1. The second-order valence-corrected chi connectivity index (χ2v) is 13.9. The highest BCUT2D eigenvalue weighted by atomic mass is 16.3. The van der Waals surface area contributed by atoms with E-state index in [1.54, 1.807) is 11.1 Å². The highest BCUT2D eigenvalue weighted by Crippen LogP contribution is 2.71. The van der Waals surface area contributed by atoms with Gasteiger partial charge < -0.3 is 5.11 Å². The fraction of sp³-hybridized carbons (Fsp3) is 0.806. The Labute approximate surface area is 198 Å². The zero-order chi connectivity index (χ0) is 23.7. The molecule has 2 unspecified atom stereocenters. The monoisotopic (exact) mass is 438 g/mol. The molecule has 1 nitrogen and oxygen atoms in total. The van der Waals surface area contributed by atoms with Crippen LogP contribution in [0.15, 0.2) is 35.5 Å². The van der Waals surface area contributed by atoms with E-state index in [0.29, 0.717) is 28.6 Å². The largest absolute Gasteiger partial charge is 0.393 e. The van der Waals surface area contributed by atoms with Crippen LogP contribution < -0.4 is 0 Å². The van der Waals surface area contributed by atoms with Gasteiger partial charge in [0.2, 0.25) is 0 Å². The molecule has 2 fully saturated rings. The van der Waals surface area contributed by atoms with Gasteiger partial charge in [-0.15, -0.1) is 0 Å². The molecule has 0 spiro atoms. The van der Waals surface area contributed by atoms with Crippen LogP contribution in [0.25, 0.3) is 0 Å². The van der Waals surface area contributed by atoms with Crippen LogP contribution >= 0.6 is 0 Å². The van der Waals surface area contributed by atoms with Crippen molar-refractivity contribution in [3.63, 3.8) is 0 Å². The van der Waals surface area contributed by atoms with E-state index in [-0.39, 0.29) is 16.9 Å². The van der Waals surface area contributed by atoms with Crippen molar-refractivity contribution in [3.05, 3.63) is 35.5 Å². The molecule has 0 aromatic rings. The minimum atomic E-state index is -0.200. The average molecular weight is 439 g/mol. The zero-order valence-electron chi connectivity index (χ0n) is 22.4. The lowest BCUT2D eigenvalue weighted by Crippen LogP contribution is -2.50. The summed E-state index contributed by atoms with van der Waals surface area (Å²) in [5, 5.41) is 11.5. The van der Waals surface area contributed by atoms with E-state index in [2.05, 4.69) is 74.1 Å². The summed E-state index contributed by atoms with van der Waals surface area (Å²) in [4.78, 5) is 0. The third kappa shape index (κ3) is 3.35. The first kappa shape index (κ1) is 24.3. The predicted octanol–water partition coefficient (Wildman–Crippen LogP) is 8.50. The lowest BCUT2D eigenvalue weighted by molar-refractivity contribution is 0.000750. The summed E-state index contributed by atoms with van der Waals surface area (Å²) in [5.74, 6) is 2.18. The molecule has 4 rings (SSSR count). The zero-order valence-corrected chi connectivity index (χ0v) is 22.4. The van der Waals surface area contributed by atoms with Gasteiger partial charge in [-0.1, -0.05) is 86.1 Å². The molecule has 180 valence electrons. The van der Waals surface area contributed by atoms with E-state index in [0.717, 1.165) is 31.6 Å². The van der Waals surface area contributed by atoms with Crippen molar-refractivity contribution >= 4 is 0 Å². The van der Waals surface area contributed by atoms with Crippen molar-refractivity contribution in [2.75, 3.05) is 0 Å². The van der Waals surface area contributed by atoms with E-state index in [1.165, 1.54) is 31.3 Å². The van der Waals surface area contributed by atoms with Crippen molar-refractivity contribution in [2.24, 2.45) is 45.3 Å². The van der Waals surface area contributed by atoms with Crippen LogP contribution in [0, 0.1) is 45.3 Å². The van der Waals surface area contributed by atoms with Crippen LogP contribution in [-0.2, 0) is 0 Å². The van der Waals surface area contributed by atoms with Gasteiger partial charge in [-0.05, 0) is 96.0 Å². The molecule has 0 bridgehead atoms. The quantitative estimate of drug-likeness (QED) is 0.426. The third-order valence-corrected chi connectivity index (χ3v) is 11.4. The molecule has 32 heavy (non-hydrogen) atoms. The first-order valence-corrected chi connectivity index (χ1v) is 13.6. The van der Waals surface area contributed by atoms with Crippen LogP contribution in [0.1, 0.15) is 107 Å². The molecule has 0 amide bonds. The molecule has 0 saturated heterocycles. The third-order valence-electron chi connectivity index (χ3n) is 11.4. The van der Waals surface area contributed by atoms with E-state index in [9.17, 15) is 5.11 Å². The number of fused-ring (bicyclic) bond motifs is 5. The van der Waals surface area contributed by atoms with Crippen molar-refractivity contribution < 1.29 is 5.11 Å². The minimum absolute atomic E-state index is 0.0834. The average Bonchev–Trinajstić information content (AvgIpc) is 2.90. The van der Waals surface area contributed by atoms with Gasteiger partial charge in [0, 0.05) is 5.41 Å². The van der Waals surface area contributed by atoms with Gasteiger partial charge in [-0.2, -0.15) is 0 Å². The van der Waals surface area contributed by atoms with Gasteiger partial charge in [-0.3, -0.25) is 0 Å². The Hall–Kier alpha value is -0.820. The molecule has 0 aromatic heterocycles.